The maximum absolute atomic E-state index is 4.67. The molecule has 2 heterocycles. The van der Waals surface area contributed by atoms with E-state index in [1.807, 2.05) is 0 Å². The molecular formula is C13H21N3S. The summed E-state index contributed by atoms with van der Waals surface area (Å²) in [5, 5.41) is 6.80. The second-order valence-corrected chi connectivity index (χ2v) is 5.35. The fraction of sp³-hybridized carbons (Fsp3) is 0.615. The van der Waals surface area contributed by atoms with E-state index in [9.17, 15) is 0 Å². The normalized spacial score (nSPS) is 16.5. The predicted octanol–water partition coefficient (Wildman–Crippen LogP) is 2.40. The van der Waals surface area contributed by atoms with E-state index in [1.54, 1.807) is 11.3 Å². The second-order valence-electron chi connectivity index (χ2n) is 4.40. The van der Waals surface area contributed by atoms with Gasteiger partial charge < -0.3 is 5.32 Å². The van der Waals surface area contributed by atoms with Gasteiger partial charge in [0.05, 0.1) is 5.69 Å². The van der Waals surface area contributed by atoms with Crippen LogP contribution in [0.3, 0.4) is 0 Å². The Bertz CT molecular complexity index is 359. The van der Waals surface area contributed by atoms with Crippen molar-refractivity contribution in [1.29, 1.82) is 0 Å². The number of nitrogens with zero attached hydrogens (tertiary/aromatic N) is 2. The van der Waals surface area contributed by atoms with Gasteiger partial charge in [-0.05, 0) is 19.4 Å². The molecule has 1 aromatic heterocycles. The Kier molecular flexibility index (Phi) is 5.16. The molecule has 0 unspecified atom stereocenters. The minimum Gasteiger partial charge on any atom is -0.310 e. The van der Waals surface area contributed by atoms with Crippen LogP contribution in [0, 0.1) is 0 Å². The van der Waals surface area contributed by atoms with E-state index < -0.39 is 0 Å². The van der Waals surface area contributed by atoms with E-state index in [2.05, 4.69) is 39.7 Å². The minimum absolute atomic E-state index is 0.915. The van der Waals surface area contributed by atoms with Gasteiger partial charge in [-0.1, -0.05) is 19.1 Å². The first-order valence-corrected chi connectivity index (χ1v) is 7.28. The number of hydrogen-bond acceptors (Lipinski definition) is 4. The molecule has 1 aliphatic rings. The van der Waals surface area contributed by atoms with E-state index in [0.717, 1.165) is 32.7 Å². The van der Waals surface area contributed by atoms with Crippen LogP contribution in [0.4, 0.5) is 0 Å². The smallest absolute Gasteiger partial charge is 0.107 e. The van der Waals surface area contributed by atoms with Crippen molar-refractivity contribution in [3.63, 3.8) is 0 Å². The van der Waals surface area contributed by atoms with Crippen LogP contribution in [-0.4, -0.2) is 29.5 Å². The molecule has 94 valence electrons. The Balaban J connectivity index is 1.79. The molecule has 0 radical (unpaired) electrons. The van der Waals surface area contributed by atoms with Crippen LogP contribution in [0.25, 0.3) is 0 Å². The Hall–Kier alpha value is -0.710. The summed E-state index contributed by atoms with van der Waals surface area (Å²) in [5.74, 6) is 0. The van der Waals surface area contributed by atoms with Crippen molar-refractivity contribution in [3.8, 4) is 0 Å². The summed E-state index contributed by atoms with van der Waals surface area (Å²) in [6.45, 7) is 7.40. The van der Waals surface area contributed by atoms with Gasteiger partial charge >= 0.3 is 0 Å². The number of nitrogens with one attached hydrogen (secondary N) is 1. The molecule has 1 aromatic rings. The van der Waals surface area contributed by atoms with Crippen LogP contribution in [0.2, 0.25) is 0 Å². The molecule has 2 rings (SSSR count). The first-order chi connectivity index (χ1) is 8.38. The van der Waals surface area contributed by atoms with Crippen molar-refractivity contribution in [3.05, 3.63) is 28.2 Å². The summed E-state index contributed by atoms with van der Waals surface area (Å²) in [7, 11) is 0. The average molecular weight is 251 g/mol. The third-order valence-corrected chi connectivity index (χ3v) is 3.73. The van der Waals surface area contributed by atoms with Gasteiger partial charge in [0, 0.05) is 31.6 Å². The molecule has 1 N–H and O–H groups in total. The molecule has 3 nitrogen and oxygen atoms in total. The molecule has 0 spiro atoms. The van der Waals surface area contributed by atoms with Crippen molar-refractivity contribution in [2.45, 2.75) is 32.9 Å². The Labute approximate surface area is 108 Å². The van der Waals surface area contributed by atoms with Crippen molar-refractivity contribution in [2.75, 3.05) is 19.6 Å². The highest BCUT2D eigenvalue weighted by atomic mass is 32.1. The lowest BCUT2D eigenvalue weighted by atomic mass is 10.2. The Morgan fingerprint density at radius 1 is 1.47 bits per heavy atom. The quantitative estimate of drug-likeness (QED) is 0.621. The van der Waals surface area contributed by atoms with Crippen LogP contribution in [-0.2, 0) is 13.1 Å². The zero-order chi connectivity index (χ0) is 11.9. The molecule has 0 aromatic carbocycles. The fourth-order valence-electron chi connectivity index (χ4n) is 1.94. The molecular weight excluding hydrogens is 230 g/mol. The van der Waals surface area contributed by atoms with Crippen LogP contribution in [0.5, 0.6) is 0 Å². The number of aromatic nitrogens is 1. The third kappa shape index (κ3) is 4.22. The predicted molar refractivity (Wildman–Crippen MR) is 73.1 cm³/mol. The number of hydrogen-bond donors (Lipinski definition) is 1. The molecule has 1 aliphatic heterocycles. The molecule has 0 fully saturated rings. The lowest BCUT2D eigenvalue weighted by Gasteiger charge is -2.21. The van der Waals surface area contributed by atoms with Crippen LogP contribution >= 0.6 is 11.3 Å². The van der Waals surface area contributed by atoms with Crippen LogP contribution < -0.4 is 5.32 Å². The highest BCUT2D eigenvalue weighted by molar-refractivity contribution is 7.09. The van der Waals surface area contributed by atoms with E-state index in [1.165, 1.54) is 23.5 Å². The zero-order valence-electron chi connectivity index (χ0n) is 10.5. The summed E-state index contributed by atoms with van der Waals surface area (Å²) < 4.78 is 0. The molecule has 0 saturated heterocycles. The lowest BCUT2D eigenvalue weighted by Crippen LogP contribution is -2.26. The van der Waals surface area contributed by atoms with E-state index in [4.69, 9.17) is 0 Å². The van der Waals surface area contributed by atoms with Gasteiger partial charge in [0.15, 0.2) is 0 Å². The summed E-state index contributed by atoms with van der Waals surface area (Å²) in [5.41, 5.74) is 1.22. The molecule has 0 atom stereocenters. The van der Waals surface area contributed by atoms with Gasteiger partial charge in [-0.15, -0.1) is 11.3 Å². The van der Waals surface area contributed by atoms with Crippen molar-refractivity contribution < 1.29 is 0 Å². The van der Waals surface area contributed by atoms with E-state index in [0.29, 0.717) is 0 Å². The molecule has 0 amide bonds. The topological polar surface area (TPSA) is 28.2 Å². The largest absolute Gasteiger partial charge is 0.310 e. The third-order valence-electron chi connectivity index (χ3n) is 2.83. The highest BCUT2D eigenvalue weighted by Crippen LogP contribution is 2.13. The van der Waals surface area contributed by atoms with Gasteiger partial charge in [-0.2, -0.15) is 0 Å². The maximum Gasteiger partial charge on any atom is 0.107 e. The monoisotopic (exact) mass is 251 g/mol. The molecule has 0 saturated carbocycles. The Morgan fingerprint density at radius 2 is 2.41 bits per heavy atom. The van der Waals surface area contributed by atoms with E-state index in [-0.39, 0.29) is 0 Å². The SMILES string of the molecule is CCCNCc1nc(CN2CC=CCC2)cs1. The van der Waals surface area contributed by atoms with Gasteiger partial charge in [-0.25, -0.2) is 4.98 Å². The first kappa shape index (κ1) is 12.7. The van der Waals surface area contributed by atoms with E-state index >= 15 is 0 Å². The van der Waals surface area contributed by atoms with Gasteiger partial charge in [0.2, 0.25) is 0 Å². The summed E-state index contributed by atoms with van der Waals surface area (Å²) >= 11 is 1.77. The van der Waals surface area contributed by atoms with Gasteiger partial charge in [0.25, 0.3) is 0 Å². The summed E-state index contributed by atoms with van der Waals surface area (Å²) in [6, 6.07) is 0. The lowest BCUT2D eigenvalue weighted by molar-refractivity contribution is 0.287. The standard InChI is InChI=1S/C13H21N3S/c1-2-6-14-9-13-15-12(11-17-13)10-16-7-4-3-5-8-16/h3-4,11,14H,2,5-10H2,1H3. The van der Waals surface area contributed by atoms with Crippen LogP contribution in [0.15, 0.2) is 17.5 Å². The van der Waals surface area contributed by atoms with Crippen molar-refractivity contribution in [1.82, 2.24) is 15.2 Å². The first-order valence-electron chi connectivity index (χ1n) is 6.40. The highest BCUT2D eigenvalue weighted by Gasteiger charge is 2.09. The van der Waals surface area contributed by atoms with Crippen LogP contribution in [0.1, 0.15) is 30.5 Å². The minimum atomic E-state index is 0.915. The molecule has 4 heteroatoms. The second kappa shape index (κ2) is 6.89. The zero-order valence-corrected chi connectivity index (χ0v) is 11.3. The number of thiazole rings is 1. The molecule has 0 bridgehead atoms. The Morgan fingerprint density at radius 3 is 3.18 bits per heavy atom. The molecule has 17 heavy (non-hydrogen) atoms. The fourth-order valence-corrected chi connectivity index (χ4v) is 2.69. The van der Waals surface area contributed by atoms with Crippen molar-refractivity contribution >= 4 is 11.3 Å². The molecule has 0 aliphatic carbocycles. The van der Waals surface area contributed by atoms with Crippen molar-refractivity contribution in [2.24, 2.45) is 0 Å². The van der Waals surface area contributed by atoms with Gasteiger partial charge in [-0.3, -0.25) is 4.90 Å². The average Bonchev–Trinajstić information content (AvgIpc) is 2.79. The summed E-state index contributed by atoms with van der Waals surface area (Å²) in [4.78, 5) is 7.11. The van der Waals surface area contributed by atoms with Gasteiger partial charge in [0.1, 0.15) is 5.01 Å². The summed E-state index contributed by atoms with van der Waals surface area (Å²) in [6.07, 6.45) is 6.87. The maximum atomic E-state index is 4.67. The number of rotatable bonds is 6.